The lowest BCUT2D eigenvalue weighted by atomic mass is 9.91. The summed E-state index contributed by atoms with van der Waals surface area (Å²) in [6.45, 7) is 33.7. The molecule has 0 aliphatic heterocycles. The largest absolute Gasteiger partial charge is 0.398 e. The van der Waals surface area contributed by atoms with E-state index in [9.17, 15) is 0 Å². The van der Waals surface area contributed by atoms with Gasteiger partial charge in [0.1, 0.15) is 0 Å². The number of hydrogen-bond acceptors (Lipinski definition) is 1. The van der Waals surface area contributed by atoms with E-state index >= 15 is 0 Å². The molecule has 1 unspecified atom stereocenters. The lowest BCUT2D eigenvalue weighted by Crippen LogP contribution is -1.95. The number of nitrogens with two attached hydrogens (primary N) is 1. The van der Waals surface area contributed by atoms with Crippen LogP contribution in [0.5, 0.6) is 0 Å². The molecule has 1 aliphatic rings. The maximum atomic E-state index is 6.15. The van der Waals surface area contributed by atoms with Gasteiger partial charge in [0.25, 0.3) is 0 Å². The first kappa shape index (κ1) is 40.7. The molecule has 0 heterocycles. The predicted molar refractivity (Wildman–Crippen MR) is 205 cm³/mol. The zero-order chi connectivity index (χ0) is 33.8. The SMILES string of the molecule is C=C\C=C(/C(C)=C(C)/C=C(\C)c1ccc(C(=C)C)cc1C)c1ccc(C)c(N)c1.CC.CC1CC=CCC1.CCC(C)CC. The van der Waals surface area contributed by atoms with Gasteiger partial charge in [0.2, 0.25) is 0 Å². The minimum atomic E-state index is 0.808. The molecule has 0 saturated carbocycles. The Kier molecular flexibility index (Phi) is 20.6. The Morgan fingerprint density at radius 3 is 1.95 bits per heavy atom. The molecule has 1 aliphatic carbocycles. The van der Waals surface area contributed by atoms with Crippen LogP contribution in [0, 0.1) is 25.7 Å². The lowest BCUT2D eigenvalue weighted by Gasteiger charge is -2.14. The van der Waals surface area contributed by atoms with E-state index in [0.29, 0.717) is 0 Å². The van der Waals surface area contributed by atoms with Crippen LogP contribution in [-0.2, 0) is 0 Å². The van der Waals surface area contributed by atoms with Crippen molar-refractivity contribution in [2.75, 3.05) is 5.73 Å². The molecule has 1 atom stereocenters. The van der Waals surface area contributed by atoms with E-state index in [2.05, 4.69) is 123 Å². The normalized spacial score (nSPS) is 15.1. The van der Waals surface area contributed by atoms with Crippen molar-refractivity contribution in [3.8, 4) is 0 Å². The van der Waals surface area contributed by atoms with E-state index in [0.717, 1.165) is 39.8 Å². The van der Waals surface area contributed by atoms with Crippen LogP contribution in [0.3, 0.4) is 0 Å². The van der Waals surface area contributed by atoms with Gasteiger partial charge in [0, 0.05) is 5.69 Å². The Morgan fingerprint density at radius 1 is 0.932 bits per heavy atom. The first-order chi connectivity index (χ1) is 20.9. The van der Waals surface area contributed by atoms with E-state index in [1.165, 1.54) is 65.5 Å². The summed E-state index contributed by atoms with van der Waals surface area (Å²) in [7, 11) is 0. The molecule has 2 N–H and O–H groups in total. The molecule has 242 valence electrons. The highest BCUT2D eigenvalue weighted by atomic mass is 14.6. The van der Waals surface area contributed by atoms with Crippen LogP contribution in [0.4, 0.5) is 5.69 Å². The number of benzene rings is 2. The first-order valence-corrected chi connectivity index (χ1v) is 16.8. The Balaban J connectivity index is 0.00000101. The van der Waals surface area contributed by atoms with E-state index in [-0.39, 0.29) is 0 Å². The fourth-order valence-electron chi connectivity index (χ4n) is 4.69. The molecule has 1 nitrogen and oxygen atoms in total. The molecule has 0 bridgehead atoms. The second kappa shape index (κ2) is 22.2. The third kappa shape index (κ3) is 14.4. The van der Waals surface area contributed by atoms with Crippen LogP contribution in [0.15, 0.2) is 91.1 Å². The summed E-state index contributed by atoms with van der Waals surface area (Å²) in [5, 5.41) is 0. The molecule has 2 aromatic rings. The molecule has 3 rings (SSSR count). The molecular weight excluding hydrogens is 530 g/mol. The van der Waals surface area contributed by atoms with E-state index in [1.54, 1.807) is 0 Å². The molecule has 1 heteroatoms. The number of rotatable bonds is 8. The van der Waals surface area contributed by atoms with Crippen molar-refractivity contribution in [3.05, 3.63) is 119 Å². The van der Waals surface area contributed by atoms with Gasteiger partial charge in [-0.3, -0.25) is 0 Å². The lowest BCUT2D eigenvalue weighted by molar-refractivity contribution is 0.527. The summed E-state index contributed by atoms with van der Waals surface area (Å²) in [6, 6.07) is 12.8. The standard InChI is InChI=1S/C28H33N.C7H12.C6H14.C2H6/c1-9-10-27(25-12-11-19(4)28(29)17-25)23(8)20(5)15-21(6)26-14-13-24(18(2)3)16-22(26)7;1-7-5-3-2-4-6-7;1-4-6(3)5-2;1-2/h9-17H,1-2,29H2,3-8H3;2-3,7H,4-6H2,1H3;6H,4-5H2,1-3H3;1-2H3/b21-15+,23-20+,27-10+;;;. The van der Waals surface area contributed by atoms with Gasteiger partial charge >= 0.3 is 0 Å². The zero-order valence-corrected chi connectivity index (χ0v) is 30.5. The van der Waals surface area contributed by atoms with Gasteiger partial charge in [-0.25, -0.2) is 0 Å². The highest BCUT2D eigenvalue weighted by molar-refractivity contribution is 5.83. The summed E-state index contributed by atoms with van der Waals surface area (Å²) in [6.07, 6.45) is 17.4. The van der Waals surface area contributed by atoms with Gasteiger partial charge in [0.15, 0.2) is 0 Å². The number of allylic oxidation sites excluding steroid dienone is 10. The molecule has 2 aromatic carbocycles. The second-order valence-electron chi connectivity index (χ2n) is 12.1. The molecule has 0 radical (unpaired) electrons. The van der Waals surface area contributed by atoms with Crippen molar-refractivity contribution < 1.29 is 0 Å². The van der Waals surface area contributed by atoms with Crippen molar-refractivity contribution in [2.45, 2.75) is 115 Å². The average Bonchev–Trinajstić information content (AvgIpc) is 3.02. The van der Waals surface area contributed by atoms with Gasteiger partial charge in [-0.15, -0.1) is 0 Å². The Morgan fingerprint density at radius 2 is 1.55 bits per heavy atom. The molecule has 0 aromatic heterocycles. The van der Waals surface area contributed by atoms with Crippen molar-refractivity contribution in [2.24, 2.45) is 11.8 Å². The third-order valence-electron chi connectivity index (χ3n) is 8.37. The van der Waals surface area contributed by atoms with Crippen LogP contribution in [0.1, 0.15) is 129 Å². The van der Waals surface area contributed by atoms with Crippen LogP contribution < -0.4 is 5.73 Å². The first-order valence-electron chi connectivity index (χ1n) is 16.8. The minimum Gasteiger partial charge on any atom is -0.398 e. The number of nitrogen functional groups attached to an aromatic ring is 1. The third-order valence-corrected chi connectivity index (χ3v) is 8.37. The van der Waals surface area contributed by atoms with Gasteiger partial charge in [-0.05, 0) is 129 Å². The van der Waals surface area contributed by atoms with Crippen molar-refractivity contribution in [1.82, 2.24) is 0 Å². The topological polar surface area (TPSA) is 26.0 Å². The number of anilines is 1. The molecule has 0 fully saturated rings. The molecule has 0 spiro atoms. The summed E-state index contributed by atoms with van der Waals surface area (Å²) >= 11 is 0. The Hall–Kier alpha value is -3.32. The Labute approximate surface area is 273 Å². The van der Waals surface area contributed by atoms with Crippen molar-refractivity contribution in [1.29, 1.82) is 0 Å². The van der Waals surface area contributed by atoms with E-state index in [1.807, 2.05) is 39.8 Å². The molecule has 44 heavy (non-hydrogen) atoms. The maximum absolute atomic E-state index is 6.15. The highest BCUT2D eigenvalue weighted by Gasteiger charge is 2.09. The summed E-state index contributed by atoms with van der Waals surface area (Å²) in [5.41, 5.74) is 18.8. The molecule has 0 saturated heterocycles. The van der Waals surface area contributed by atoms with Gasteiger partial charge in [0.05, 0.1) is 0 Å². The predicted octanol–water partition coefficient (Wildman–Crippen LogP) is 13.8. The number of hydrogen-bond donors (Lipinski definition) is 1. The van der Waals surface area contributed by atoms with Crippen molar-refractivity contribution >= 4 is 22.4 Å². The average molecular weight is 596 g/mol. The van der Waals surface area contributed by atoms with Crippen LogP contribution in [0.25, 0.3) is 16.7 Å². The summed E-state index contributed by atoms with van der Waals surface area (Å²) in [5.74, 6) is 1.88. The quantitative estimate of drug-likeness (QED) is 0.183. The summed E-state index contributed by atoms with van der Waals surface area (Å²) in [4.78, 5) is 0. The van der Waals surface area contributed by atoms with E-state index in [4.69, 9.17) is 5.73 Å². The second-order valence-corrected chi connectivity index (χ2v) is 12.1. The molecular formula is C43H65N. The van der Waals surface area contributed by atoms with Crippen LogP contribution in [-0.4, -0.2) is 0 Å². The summed E-state index contributed by atoms with van der Waals surface area (Å²) < 4.78 is 0. The van der Waals surface area contributed by atoms with Crippen LogP contribution in [0.2, 0.25) is 0 Å². The fourth-order valence-corrected chi connectivity index (χ4v) is 4.69. The zero-order valence-electron chi connectivity index (χ0n) is 30.5. The van der Waals surface area contributed by atoms with Gasteiger partial charge < -0.3 is 5.73 Å². The van der Waals surface area contributed by atoms with Gasteiger partial charge in [-0.2, -0.15) is 0 Å². The van der Waals surface area contributed by atoms with E-state index < -0.39 is 0 Å². The maximum Gasteiger partial charge on any atom is 0.0349 e. The van der Waals surface area contributed by atoms with Gasteiger partial charge in [-0.1, -0.05) is 134 Å². The fraction of sp³-hybridized carbons (Fsp3) is 0.442. The van der Waals surface area contributed by atoms with Crippen LogP contribution >= 0.6 is 0 Å². The Bertz CT molecular complexity index is 1290. The monoisotopic (exact) mass is 596 g/mol. The highest BCUT2D eigenvalue weighted by Crippen LogP contribution is 2.30. The minimum absolute atomic E-state index is 0.808. The van der Waals surface area contributed by atoms with Crippen molar-refractivity contribution in [3.63, 3.8) is 0 Å². The number of aryl methyl sites for hydroxylation is 2. The smallest absolute Gasteiger partial charge is 0.0349 e. The molecule has 0 amide bonds.